The fourth-order valence-electron chi connectivity index (χ4n) is 2.61. The minimum Gasteiger partial charge on any atom is -0.483 e. The molecule has 134 valence electrons. The molecule has 0 radical (unpaired) electrons. The molecule has 0 fully saturated rings. The molecular formula is C21H27NO3. The van der Waals surface area contributed by atoms with Gasteiger partial charge in [0.2, 0.25) is 0 Å². The molecule has 0 bridgehead atoms. The lowest BCUT2D eigenvalue weighted by Crippen LogP contribution is -2.48. The van der Waals surface area contributed by atoms with Crippen LogP contribution in [0.4, 0.5) is 0 Å². The second kappa shape index (κ2) is 8.67. The molecule has 1 amide bonds. The molecule has 0 unspecified atom stereocenters. The van der Waals surface area contributed by atoms with Crippen LogP contribution in [0.5, 0.6) is 5.75 Å². The van der Waals surface area contributed by atoms with Gasteiger partial charge in [0.25, 0.3) is 5.91 Å². The molecule has 0 aromatic heterocycles. The van der Waals surface area contributed by atoms with Gasteiger partial charge in [-0.1, -0.05) is 48.5 Å². The number of carbonyl (C=O) groups is 1. The van der Waals surface area contributed by atoms with Gasteiger partial charge in [0.1, 0.15) is 5.75 Å². The summed E-state index contributed by atoms with van der Waals surface area (Å²) in [7, 11) is 0. The first-order valence-electron chi connectivity index (χ1n) is 8.49. The van der Waals surface area contributed by atoms with Gasteiger partial charge in [-0.2, -0.15) is 0 Å². The Balaban J connectivity index is 1.78. The van der Waals surface area contributed by atoms with Crippen molar-refractivity contribution < 1.29 is 14.3 Å². The minimum atomic E-state index is -0.462. The summed E-state index contributed by atoms with van der Waals surface area (Å²) in [4.78, 5) is 12.2. The zero-order chi connectivity index (χ0) is 18.3. The van der Waals surface area contributed by atoms with Gasteiger partial charge in [0.05, 0.1) is 18.8 Å². The lowest BCUT2D eigenvalue weighted by molar-refractivity contribution is -0.125. The van der Waals surface area contributed by atoms with Gasteiger partial charge < -0.3 is 14.8 Å². The Morgan fingerprint density at radius 1 is 1.00 bits per heavy atom. The van der Waals surface area contributed by atoms with E-state index >= 15 is 0 Å². The van der Waals surface area contributed by atoms with Crippen LogP contribution in [0.1, 0.15) is 30.5 Å². The highest BCUT2D eigenvalue weighted by molar-refractivity contribution is 5.78. The van der Waals surface area contributed by atoms with Crippen molar-refractivity contribution in [3.63, 3.8) is 0 Å². The zero-order valence-corrected chi connectivity index (χ0v) is 15.5. The van der Waals surface area contributed by atoms with E-state index in [9.17, 15) is 4.79 Å². The monoisotopic (exact) mass is 341 g/mol. The highest BCUT2D eigenvalue weighted by atomic mass is 16.5. The quantitative estimate of drug-likeness (QED) is 0.794. The summed E-state index contributed by atoms with van der Waals surface area (Å²) in [6, 6.07) is 15.9. The van der Waals surface area contributed by atoms with E-state index in [2.05, 4.69) is 5.32 Å². The Morgan fingerprint density at radius 3 is 2.28 bits per heavy atom. The number of benzene rings is 2. The maximum atomic E-state index is 12.2. The number of amides is 1. The predicted octanol–water partition coefficient (Wildman–Crippen LogP) is 3.79. The van der Waals surface area contributed by atoms with Gasteiger partial charge in [-0.15, -0.1) is 0 Å². The third-order valence-electron chi connectivity index (χ3n) is 3.81. The van der Waals surface area contributed by atoms with E-state index in [0.717, 1.165) is 22.4 Å². The molecule has 0 heterocycles. The highest BCUT2D eigenvalue weighted by Crippen LogP contribution is 2.22. The van der Waals surface area contributed by atoms with Crippen LogP contribution in [0.2, 0.25) is 0 Å². The van der Waals surface area contributed by atoms with Gasteiger partial charge in [-0.25, -0.2) is 0 Å². The van der Waals surface area contributed by atoms with Gasteiger partial charge in [0.15, 0.2) is 6.61 Å². The first-order valence-corrected chi connectivity index (χ1v) is 8.49. The fraction of sp³-hybridized carbons (Fsp3) is 0.381. The van der Waals surface area contributed by atoms with Crippen molar-refractivity contribution in [2.45, 2.75) is 39.8 Å². The molecule has 0 aliphatic heterocycles. The number of carbonyl (C=O) groups excluding carboxylic acids is 1. The molecule has 2 aromatic carbocycles. The maximum Gasteiger partial charge on any atom is 0.258 e. The molecule has 0 aliphatic carbocycles. The van der Waals surface area contributed by atoms with Crippen LogP contribution in [0.15, 0.2) is 48.5 Å². The van der Waals surface area contributed by atoms with Crippen LogP contribution >= 0.6 is 0 Å². The number of aryl methyl sites for hydroxylation is 2. The molecule has 25 heavy (non-hydrogen) atoms. The number of hydrogen-bond acceptors (Lipinski definition) is 3. The van der Waals surface area contributed by atoms with Crippen molar-refractivity contribution in [2.24, 2.45) is 0 Å². The SMILES string of the molecule is Cc1cccc(C)c1OCC(=O)NC(C)(C)COCc1ccccc1. The lowest BCUT2D eigenvalue weighted by atomic mass is 10.1. The first-order chi connectivity index (χ1) is 11.9. The third kappa shape index (κ3) is 6.24. The molecule has 0 saturated heterocycles. The number of nitrogens with one attached hydrogen (secondary N) is 1. The summed E-state index contributed by atoms with van der Waals surface area (Å²) in [6.45, 7) is 8.77. The Hall–Kier alpha value is -2.33. The van der Waals surface area contributed by atoms with Crippen LogP contribution in [-0.4, -0.2) is 24.7 Å². The van der Waals surface area contributed by atoms with E-state index in [1.165, 1.54) is 0 Å². The lowest BCUT2D eigenvalue weighted by Gasteiger charge is -2.26. The molecule has 0 atom stereocenters. The second-order valence-electron chi connectivity index (χ2n) is 6.92. The first kappa shape index (κ1) is 19.0. The van der Waals surface area contributed by atoms with Crippen LogP contribution < -0.4 is 10.1 Å². The summed E-state index contributed by atoms with van der Waals surface area (Å²) in [5.74, 6) is 0.617. The van der Waals surface area contributed by atoms with E-state index < -0.39 is 5.54 Å². The number of rotatable bonds is 8. The Kier molecular flexibility index (Phi) is 6.59. The average molecular weight is 341 g/mol. The molecule has 4 nitrogen and oxygen atoms in total. The smallest absolute Gasteiger partial charge is 0.258 e. The highest BCUT2D eigenvalue weighted by Gasteiger charge is 2.21. The largest absolute Gasteiger partial charge is 0.483 e. The standard InChI is InChI=1S/C21H27NO3/c1-16-9-8-10-17(2)20(16)25-14-19(23)22-21(3,4)15-24-13-18-11-6-5-7-12-18/h5-12H,13-15H2,1-4H3,(H,22,23). The van der Waals surface area contributed by atoms with Crippen molar-refractivity contribution in [1.29, 1.82) is 0 Å². The maximum absolute atomic E-state index is 12.2. The number of ether oxygens (including phenoxy) is 2. The van der Waals surface area contributed by atoms with Gasteiger partial charge >= 0.3 is 0 Å². The van der Waals surface area contributed by atoms with Crippen LogP contribution in [-0.2, 0) is 16.1 Å². The molecule has 0 saturated carbocycles. The van der Waals surface area contributed by atoms with E-state index in [1.807, 2.05) is 76.2 Å². The van der Waals surface area contributed by atoms with Crippen LogP contribution in [0.25, 0.3) is 0 Å². The van der Waals surface area contributed by atoms with Crippen LogP contribution in [0.3, 0.4) is 0 Å². The predicted molar refractivity (Wildman–Crippen MR) is 99.7 cm³/mol. The van der Waals surface area contributed by atoms with E-state index in [1.54, 1.807) is 0 Å². The van der Waals surface area contributed by atoms with Gasteiger partial charge in [0, 0.05) is 0 Å². The van der Waals surface area contributed by atoms with Crippen molar-refractivity contribution in [1.82, 2.24) is 5.32 Å². The molecule has 4 heteroatoms. The van der Waals surface area contributed by atoms with E-state index in [-0.39, 0.29) is 12.5 Å². The van der Waals surface area contributed by atoms with E-state index in [4.69, 9.17) is 9.47 Å². The summed E-state index contributed by atoms with van der Waals surface area (Å²) < 4.78 is 11.4. The van der Waals surface area contributed by atoms with Gasteiger partial charge in [-0.05, 0) is 44.4 Å². The van der Waals surface area contributed by atoms with Crippen molar-refractivity contribution in [3.8, 4) is 5.75 Å². The Bertz CT molecular complexity index is 675. The van der Waals surface area contributed by atoms with Crippen molar-refractivity contribution in [3.05, 3.63) is 65.2 Å². The summed E-state index contributed by atoms with van der Waals surface area (Å²) in [5.41, 5.74) is 2.70. The summed E-state index contributed by atoms with van der Waals surface area (Å²) in [5, 5.41) is 2.96. The second-order valence-corrected chi connectivity index (χ2v) is 6.92. The van der Waals surface area contributed by atoms with Crippen molar-refractivity contribution in [2.75, 3.05) is 13.2 Å². The minimum absolute atomic E-state index is 0.00614. The molecule has 2 rings (SSSR count). The normalized spacial score (nSPS) is 11.2. The molecule has 0 aliphatic rings. The van der Waals surface area contributed by atoms with Crippen LogP contribution in [0, 0.1) is 13.8 Å². The third-order valence-corrected chi connectivity index (χ3v) is 3.81. The Morgan fingerprint density at radius 2 is 1.64 bits per heavy atom. The van der Waals surface area contributed by atoms with Crippen molar-refractivity contribution >= 4 is 5.91 Å². The molecule has 0 spiro atoms. The molecule has 1 N–H and O–H groups in total. The Labute approximate surface area is 150 Å². The average Bonchev–Trinajstić information content (AvgIpc) is 2.54. The topological polar surface area (TPSA) is 47.6 Å². The van der Waals surface area contributed by atoms with E-state index in [0.29, 0.717) is 13.2 Å². The number of hydrogen-bond donors (Lipinski definition) is 1. The van der Waals surface area contributed by atoms with Gasteiger partial charge in [-0.3, -0.25) is 4.79 Å². The fourth-order valence-corrected chi connectivity index (χ4v) is 2.61. The summed E-state index contributed by atoms with van der Waals surface area (Å²) in [6.07, 6.45) is 0. The zero-order valence-electron chi connectivity index (χ0n) is 15.5. The number of para-hydroxylation sites is 1. The molecular weight excluding hydrogens is 314 g/mol. The molecule has 2 aromatic rings. The summed E-state index contributed by atoms with van der Waals surface area (Å²) >= 11 is 0.